The molecule has 7 nitrogen and oxygen atoms in total. The normalized spacial score (nSPS) is 16.4. The zero-order valence-corrected chi connectivity index (χ0v) is 12.2. The number of H-pyrrole nitrogens is 1. The minimum absolute atomic E-state index is 0.490. The van der Waals surface area contributed by atoms with Crippen molar-refractivity contribution in [3.8, 4) is 6.07 Å². The molecule has 3 aromatic heterocycles. The van der Waals surface area contributed by atoms with Crippen LogP contribution in [0.1, 0.15) is 19.3 Å². The van der Waals surface area contributed by atoms with E-state index in [9.17, 15) is 0 Å². The number of nitrogen functional groups attached to an aromatic ring is 1. The number of nitrogens with one attached hydrogen (secondary N) is 1. The van der Waals surface area contributed by atoms with Gasteiger partial charge in [-0.2, -0.15) is 5.26 Å². The standard InChI is InChI=1S/C15H17N7/c16-5-1-10-3-7-21(8-4-10)22-13-11-2-6-18-14(11)19-9-12(13)20-15(22)17/h2,6,9-10H,1,3-4,7-8H2,(H2,17,20)(H,18,19). The van der Waals surface area contributed by atoms with Gasteiger partial charge in [0.15, 0.2) is 0 Å². The number of fused-ring (bicyclic) bond motifs is 3. The molecular formula is C15H17N7. The third-order valence-corrected chi connectivity index (χ3v) is 4.46. The van der Waals surface area contributed by atoms with Crippen molar-refractivity contribution in [1.29, 1.82) is 5.26 Å². The first kappa shape index (κ1) is 13.0. The summed E-state index contributed by atoms with van der Waals surface area (Å²) in [6.07, 6.45) is 6.29. The summed E-state index contributed by atoms with van der Waals surface area (Å²) >= 11 is 0. The van der Waals surface area contributed by atoms with Crippen molar-refractivity contribution >= 4 is 28.0 Å². The fourth-order valence-corrected chi connectivity index (χ4v) is 3.31. The Morgan fingerprint density at radius 1 is 1.41 bits per heavy atom. The number of nitriles is 1. The van der Waals surface area contributed by atoms with Gasteiger partial charge in [-0.3, -0.25) is 0 Å². The van der Waals surface area contributed by atoms with E-state index in [2.05, 4.69) is 26.0 Å². The Labute approximate surface area is 127 Å². The monoisotopic (exact) mass is 295 g/mol. The zero-order chi connectivity index (χ0) is 15.1. The molecule has 0 aromatic carbocycles. The molecule has 0 unspecified atom stereocenters. The second-order valence-electron chi connectivity index (χ2n) is 5.77. The van der Waals surface area contributed by atoms with Gasteiger partial charge in [-0.15, -0.1) is 0 Å². The topological polar surface area (TPSA) is 99.6 Å². The van der Waals surface area contributed by atoms with E-state index in [0.717, 1.165) is 48.0 Å². The number of pyridine rings is 1. The second-order valence-corrected chi connectivity index (χ2v) is 5.77. The molecule has 0 saturated carbocycles. The fourth-order valence-electron chi connectivity index (χ4n) is 3.31. The number of aromatic nitrogens is 4. The van der Waals surface area contributed by atoms with Crippen LogP contribution in [0.2, 0.25) is 0 Å². The van der Waals surface area contributed by atoms with E-state index in [0.29, 0.717) is 18.3 Å². The fraction of sp³-hybridized carbons (Fsp3) is 0.400. The van der Waals surface area contributed by atoms with Crippen LogP contribution >= 0.6 is 0 Å². The lowest BCUT2D eigenvalue weighted by molar-refractivity contribution is 0.373. The van der Waals surface area contributed by atoms with Crippen LogP contribution in [0, 0.1) is 17.2 Å². The molecule has 3 N–H and O–H groups in total. The van der Waals surface area contributed by atoms with Crippen molar-refractivity contribution in [2.24, 2.45) is 5.92 Å². The minimum Gasteiger partial charge on any atom is -0.368 e. The maximum absolute atomic E-state index is 8.84. The number of aromatic amines is 1. The molecule has 112 valence electrons. The molecule has 0 bridgehead atoms. The van der Waals surface area contributed by atoms with Crippen LogP contribution in [0.3, 0.4) is 0 Å². The highest BCUT2D eigenvalue weighted by atomic mass is 15.6. The molecule has 0 amide bonds. The van der Waals surface area contributed by atoms with E-state index in [1.807, 2.05) is 16.9 Å². The minimum atomic E-state index is 0.490. The first-order valence-electron chi connectivity index (χ1n) is 7.50. The van der Waals surface area contributed by atoms with Crippen molar-refractivity contribution in [2.45, 2.75) is 19.3 Å². The van der Waals surface area contributed by atoms with Crippen molar-refractivity contribution in [2.75, 3.05) is 23.8 Å². The highest BCUT2D eigenvalue weighted by Crippen LogP contribution is 2.28. The number of rotatable bonds is 2. The van der Waals surface area contributed by atoms with E-state index < -0.39 is 0 Å². The summed E-state index contributed by atoms with van der Waals surface area (Å²) in [4.78, 5) is 11.9. The molecule has 1 aliphatic heterocycles. The predicted octanol–water partition coefficient (Wildman–Crippen LogP) is 1.76. The lowest BCUT2D eigenvalue weighted by atomic mass is 9.95. The molecule has 7 heteroatoms. The van der Waals surface area contributed by atoms with Crippen LogP contribution in [-0.4, -0.2) is 32.7 Å². The first-order chi connectivity index (χ1) is 10.8. The summed E-state index contributed by atoms with van der Waals surface area (Å²) in [5.41, 5.74) is 8.81. The SMILES string of the molecule is N#CCC1CCN(n2c(N)nc3cnc4[nH]ccc4c32)CC1. The van der Waals surface area contributed by atoms with Gasteiger partial charge in [-0.1, -0.05) is 0 Å². The van der Waals surface area contributed by atoms with Gasteiger partial charge in [0, 0.05) is 31.1 Å². The highest BCUT2D eigenvalue weighted by Gasteiger charge is 2.23. The first-order valence-corrected chi connectivity index (χ1v) is 7.50. The van der Waals surface area contributed by atoms with Crippen molar-refractivity contribution < 1.29 is 0 Å². The number of nitrogens with two attached hydrogens (primary N) is 1. The van der Waals surface area contributed by atoms with Crippen LogP contribution in [0.5, 0.6) is 0 Å². The summed E-state index contributed by atoms with van der Waals surface area (Å²) in [6.45, 7) is 1.77. The van der Waals surface area contributed by atoms with Gasteiger partial charge in [0.25, 0.3) is 0 Å². The summed E-state index contributed by atoms with van der Waals surface area (Å²) in [7, 11) is 0. The number of hydrogen-bond acceptors (Lipinski definition) is 5. The predicted molar refractivity (Wildman–Crippen MR) is 84.7 cm³/mol. The average molecular weight is 295 g/mol. The van der Waals surface area contributed by atoms with E-state index >= 15 is 0 Å². The summed E-state index contributed by atoms with van der Waals surface area (Å²) in [5.74, 6) is 0.982. The molecule has 0 radical (unpaired) electrons. The van der Waals surface area contributed by atoms with Gasteiger partial charge in [-0.05, 0) is 24.8 Å². The number of hydrogen-bond donors (Lipinski definition) is 2. The van der Waals surface area contributed by atoms with Crippen LogP contribution < -0.4 is 10.7 Å². The van der Waals surface area contributed by atoms with Crippen LogP contribution in [0.25, 0.3) is 22.1 Å². The Morgan fingerprint density at radius 3 is 3.00 bits per heavy atom. The smallest absolute Gasteiger partial charge is 0.220 e. The Hall–Kier alpha value is -2.75. The number of nitrogens with zero attached hydrogens (tertiary/aromatic N) is 5. The largest absolute Gasteiger partial charge is 0.368 e. The second kappa shape index (κ2) is 4.91. The van der Waals surface area contributed by atoms with Crippen molar-refractivity contribution in [3.05, 3.63) is 18.5 Å². The Kier molecular flexibility index (Phi) is 2.89. The molecule has 1 saturated heterocycles. The van der Waals surface area contributed by atoms with Gasteiger partial charge in [0.05, 0.1) is 12.3 Å². The van der Waals surface area contributed by atoms with Gasteiger partial charge in [0.2, 0.25) is 5.95 Å². The number of piperidine rings is 1. The molecule has 22 heavy (non-hydrogen) atoms. The highest BCUT2D eigenvalue weighted by molar-refractivity contribution is 6.02. The molecule has 3 aromatic rings. The van der Waals surface area contributed by atoms with Crippen LogP contribution in [0.4, 0.5) is 5.95 Å². The van der Waals surface area contributed by atoms with E-state index in [1.54, 1.807) is 6.20 Å². The van der Waals surface area contributed by atoms with Gasteiger partial charge < -0.3 is 15.7 Å². The molecule has 1 aliphatic rings. The molecule has 1 fully saturated rings. The quantitative estimate of drug-likeness (QED) is 0.750. The van der Waals surface area contributed by atoms with Gasteiger partial charge >= 0.3 is 0 Å². The van der Waals surface area contributed by atoms with Gasteiger partial charge in [0.1, 0.15) is 16.7 Å². The molecule has 4 rings (SSSR count). The van der Waals surface area contributed by atoms with E-state index in [4.69, 9.17) is 11.0 Å². The molecule has 0 spiro atoms. The summed E-state index contributed by atoms with van der Waals surface area (Å²) in [6, 6.07) is 4.28. The lowest BCUT2D eigenvalue weighted by Gasteiger charge is -2.34. The number of imidazole rings is 1. The maximum atomic E-state index is 8.84. The zero-order valence-electron chi connectivity index (χ0n) is 12.2. The van der Waals surface area contributed by atoms with E-state index in [1.165, 1.54) is 0 Å². The Balaban J connectivity index is 1.77. The molecule has 0 atom stereocenters. The molecule has 0 aliphatic carbocycles. The summed E-state index contributed by atoms with van der Waals surface area (Å²) in [5, 5.41) is 12.1. The van der Waals surface area contributed by atoms with Crippen molar-refractivity contribution in [3.63, 3.8) is 0 Å². The third-order valence-electron chi connectivity index (χ3n) is 4.46. The third kappa shape index (κ3) is 1.88. The van der Waals surface area contributed by atoms with Crippen LogP contribution in [-0.2, 0) is 0 Å². The maximum Gasteiger partial charge on any atom is 0.220 e. The number of anilines is 1. The summed E-state index contributed by atoms with van der Waals surface area (Å²) < 4.78 is 2.01. The Bertz CT molecular complexity index is 861. The molecule has 4 heterocycles. The average Bonchev–Trinajstić information content (AvgIpc) is 3.11. The molecular weight excluding hydrogens is 278 g/mol. The Morgan fingerprint density at radius 2 is 2.23 bits per heavy atom. The van der Waals surface area contributed by atoms with Crippen molar-refractivity contribution in [1.82, 2.24) is 19.6 Å². The lowest BCUT2D eigenvalue weighted by Crippen LogP contribution is -2.42. The van der Waals surface area contributed by atoms with E-state index in [-0.39, 0.29) is 0 Å². The van der Waals surface area contributed by atoms with Gasteiger partial charge in [-0.25, -0.2) is 14.6 Å². The van der Waals surface area contributed by atoms with Crippen LogP contribution in [0.15, 0.2) is 18.5 Å².